The maximum absolute atomic E-state index is 12.6. The Kier molecular flexibility index (Phi) is 4.30. The third-order valence-corrected chi connectivity index (χ3v) is 3.99. The largest absolute Gasteiger partial charge is 0.373 e. The Morgan fingerprint density at radius 1 is 1.42 bits per heavy atom. The lowest BCUT2D eigenvalue weighted by atomic mass is 9.95. The zero-order valence-electron chi connectivity index (χ0n) is 11.6. The Balaban J connectivity index is 2.27. The van der Waals surface area contributed by atoms with Crippen LogP contribution in [0.25, 0.3) is 0 Å². The fourth-order valence-corrected chi connectivity index (χ4v) is 2.63. The minimum atomic E-state index is -0.0684. The first-order valence-corrected chi connectivity index (χ1v) is 7.06. The van der Waals surface area contributed by atoms with Crippen LogP contribution in [-0.4, -0.2) is 35.4 Å². The Labute approximate surface area is 119 Å². The van der Waals surface area contributed by atoms with Crippen molar-refractivity contribution in [1.82, 2.24) is 9.88 Å². The summed E-state index contributed by atoms with van der Waals surface area (Å²) in [5, 5.41) is 3.34. The maximum atomic E-state index is 12.6. The number of piperidine rings is 1. The molecule has 0 bridgehead atoms. The highest BCUT2D eigenvalue weighted by molar-refractivity contribution is 6.33. The smallest absolute Gasteiger partial charge is 0.274 e. The highest BCUT2D eigenvalue weighted by Crippen LogP contribution is 2.25. The molecule has 4 nitrogen and oxygen atoms in total. The number of pyridine rings is 1. The Hall–Kier alpha value is -1.29. The van der Waals surface area contributed by atoms with Crippen LogP contribution in [-0.2, 0) is 0 Å². The third kappa shape index (κ3) is 3.00. The molecule has 1 aromatic rings. The second kappa shape index (κ2) is 5.78. The summed E-state index contributed by atoms with van der Waals surface area (Å²) >= 11 is 6.11. The summed E-state index contributed by atoms with van der Waals surface area (Å²) in [6.07, 6.45) is 2.21. The van der Waals surface area contributed by atoms with E-state index in [-0.39, 0.29) is 11.9 Å². The monoisotopic (exact) mass is 281 g/mol. The summed E-state index contributed by atoms with van der Waals surface area (Å²) in [4.78, 5) is 18.8. The number of likely N-dealkylation sites (tertiary alicyclic amines) is 1. The number of rotatable bonds is 2. The Morgan fingerprint density at radius 2 is 2.16 bits per heavy atom. The van der Waals surface area contributed by atoms with Crippen molar-refractivity contribution in [3.05, 3.63) is 22.8 Å². The van der Waals surface area contributed by atoms with E-state index in [0.717, 1.165) is 13.0 Å². The van der Waals surface area contributed by atoms with E-state index in [0.29, 0.717) is 22.5 Å². The van der Waals surface area contributed by atoms with E-state index < -0.39 is 0 Å². The maximum Gasteiger partial charge on any atom is 0.274 e. The van der Waals surface area contributed by atoms with Gasteiger partial charge in [-0.1, -0.05) is 18.5 Å². The number of anilines is 1. The van der Waals surface area contributed by atoms with E-state index >= 15 is 0 Å². The van der Waals surface area contributed by atoms with Gasteiger partial charge >= 0.3 is 0 Å². The zero-order valence-corrected chi connectivity index (χ0v) is 12.4. The van der Waals surface area contributed by atoms with Gasteiger partial charge in [-0.2, -0.15) is 0 Å². The van der Waals surface area contributed by atoms with Gasteiger partial charge in [0.05, 0.1) is 5.02 Å². The van der Waals surface area contributed by atoms with Crippen molar-refractivity contribution in [2.45, 2.75) is 32.7 Å². The average Bonchev–Trinajstić information content (AvgIpc) is 2.41. The minimum Gasteiger partial charge on any atom is -0.373 e. The number of amides is 1. The molecule has 5 heteroatoms. The van der Waals surface area contributed by atoms with Gasteiger partial charge in [-0.3, -0.25) is 4.79 Å². The first-order valence-electron chi connectivity index (χ1n) is 6.68. The molecule has 2 rings (SSSR count). The van der Waals surface area contributed by atoms with Crippen molar-refractivity contribution >= 4 is 23.3 Å². The minimum absolute atomic E-state index is 0.0684. The van der Waals surface area contributed by atoms with Gasteiger partial charge in [0.1, 0.15) is 11.5 Å². The molecule has 1 aromatic heterocycles. The molecule has 0 radical (unpaired) electrons. The van der Waals surface area contributed by atoms with Gasteiger partial charge in [0.15, 0.2) is 0 Å². The molecule has 1 aliphatic heterocycles. The van der Waals surface area contributed by atoms with Crippen molar-refractivity contribution < 1.29 is 4.79 Å². The molecule has 0 saturated carbocycles. The van der Waals surface area contributed by atoms with Crippen LogP contribution in [0, 0.1) is 5.92 Å². The molecule has 0 aliphatic carbocycles. The second-order valence-electron chi connectivity index (χ2n) is 5.27. The number of nitrogens with zero attached hydrogens (tertiary/aromatic N) is 2. The molecule has 2 atom stereocenters. The van der Waals surface area contributed by atoms with Crippen molar-refractivity contribution in [2.75, 3.05) is 18.9 Å². The molecule has 104 valence electrons. The van der Waals surface area contributed by atoms with Crippen molar-refractivity contribution in [3.63, 3.8) is 0 Å². The topological polar surface area (TPSA) is 45.2 Å². The first kappa shape index (κ1) is 14.1. The molecule has 0 aromatic carbocycles. The van der Waals surface area contributed by atoms with Gasteiger partial charge in [-0.15, -0.1) is 0 Å². The van der Waals surface area contributed by atoms with Crippen LogP contribution in [0.1, 0.15) is 37.2 Å². The highest BCUT2D eigenvalue weighted by Gasteiger charge is 2.29. The molecule has 1 aliphatic rings. The van der Waals surface area contributed by atoms with Crippen molar-refractivity contribution in [3.8, 4) is 0 Å². The number of hydrogen-bond donors (Lipinski definition) is 1. The molecule has 1 saturated heterocycles. The molecule has 2 unspecified atom stereocenters. The number of aromatic nitrogens is 1. The second-order valence-corrected chi connectivity index (χ2v) is 5.67. The van der Waals surface area contributed by atoms with Crippen molar-refractivity contribution in [2.24, 2.45) is 5.92 Å². The highest BCUT2D eigenvalue weighted by atomic mass is 35.5. The van der Waals surface area contributed by atoms with Gasteiger partial charge in [0.25, 0.3) is 5.91 Å². The zero-order chi connectivity index (χ0) is 14.0. The molecule has 1 fully saturated rings. The summed E-state index contributed by atoms with van der Waals surface area (Å²) in [6.45, 7) is 5.03. The van der Waals surface area contributed by atoms with Gasteiger partial charge in [0.2, 0.25) is 0 Å². The van der Waals surface area contributed by atoms with Crippen LogP contribution in [0.2, 0.25) is 5.02 Å². The number of carbonyl (C=O) groups is 1. The lowest BCUT2D eigenvalue weighted by Gasteiger charge is -2.36. The van der Waals surface area contributed by atoms with Crippen LogP contribution in [0.5, 0.6) is 0 Å². The fraction of sp³-hybridized carbons (Fsp3) is 0.571. The summed E-state index contributed by atoms with van der Waals surface area (Å²) in [7, 11) is 1.77. The number of nitrogens with one attached hydrogen (secondary N) is 1. The van der Waals surface area contributed by atoms with Crippen LogP contribution in [0.3, 0.4) is 0 Å². The fourth-order valence-electron chi connectivity index (χ4n) is 2.44. The normalized spacial score (nSPS) is 23.3. The Bertz CT molecular complexity index is 478. The predicted octanol–water partition coefficient (Wildman–Crippen LogP) is 3.04. The molecule has 0 spiro atoms. The summed E-state index contributed by atoms with van der Waals surface area (Å²) in [5.74, 6) is 1.12. The average molecular weight is 282 g/mol. The van der Waals surface area contributed by atoms with Crippen LogP contribution in [0.4, 0.5) is 5.82 Å². The van der Waals surface area contributed by atoms with E-state index in [4.69, 9.17) is 11.6 Å². The summed E-state index contributed by atoms with van der Waals surface area (Å²) in [6, 6.07) is 3.73. The summed E-state index contributed by atoms with van der Waals surface area (Å²) in [5.41, 5.74) is 0.342. The number of carbonyl (C=O) groups excluding carboxylic acids is 1. The lowest BCUT2D eigenvalue weighted by Crippen LogP contribution is -2.45. The predicted molar refractivity (Wildman–Crippen MR) is 77.7 cm³/mol. The molecule has 2 heterocycles. The number of hydrogen-bond acceptors (Lipinski definition) is 3. The van der Waals surface area contributed by atoms with E-state index in [1.807, 2.05) is 4.90 Å². The standard InChI is InChI=1S/C14H20ClN3O/c1-9-4-5-10(2)18(8-9)14(19)13-11(15)6-7-12(16-3)17-13/h6-7,9-10H,4-5,8H2,1-3H3,(H,16,17). The molecule has 19 heavy (non-hydrogen) atoms. The van der Waals surface area contributed by atoms with Gasteiger partial charge in [-0.05, 0) is 37.8 Å². The lowest BCUT2D eigenvalue weighted by molar-refractivity contribution is 0.0568. The van der Waals surface area contributed by atoms with E-state index in [2.05, 4.69) is 24.1 Å². The van der Waals surface area contributed by atoms with Crippen molar-refractivity contribution in [1.29, 1.82) is 0 Å². The number of halogens is 1. The molecular formula is C14H20ClN3O. The SMILES string of the molecule is CNc1ccc(Cl)c(C(=O)N2CC(C)CCC2C)n1. The van der Waals surface area contributed by atoms with Crippen LogP contribution >= 0.6 is 11.6 Å². The molecule has 1 N–H and O–H groups in total. The van der Waals surface area contributed by atoms with Gasteiger partial charge < -0.3 is 10.2 Å². The van der Waals surface area contributed by atoms with E-state index in [1.54, 1.807) is 19.2 Å². The van der Waals surface area contributed by atoms with Crippen LogP contribution < -0.4 is 5.32 Å². The third-order valence-electron chi connectivity index (χ3n) is 3.68. The first-order chi connectivity index (χ1) is 9.02. The van der Waals surface area contributed by atoms with E-state index in [1.165, 1.54) is 6.42 Å². The summed E-state index contributed by atoms with van der Waals surface area (Å²) < 4.78 is 0. The van der Waals surface area contributed by atoms with E-state index in [9.17, 15) is 4.79 Å². The Morgan fingerprint density at radius 3 is 2.84 bits per heavy atom. The van der Waals surface area contributed by atoms with Gasteiger partial charge in [-0.25, -0.2) is 4.98 Å². The van der Waals surface area contributed by atoms with Gasteiger partial charge in [0, 0.05) is 19.6 Å². The van der Waals surface area contributed by atoms with Crippen LogP contribution in [0.15, 0.2) is 12.1 Å². The molecular weight excluding hydrogens is 262 g/mol. The molecule has 1 amide bonds. The quantitative estimate of drug-likeness (QED) is 0.906.